The molecule has 0 radical (unpaired) electrons. The van der Waals surface area contributed by atoms with Gasteiger partial charge in [0.2, 0.25) is 0 Å². The lowest BCUT2D eigenvalue weighted by molar-refractivity contribution is 0.0588. The van der Waals surface area contributed by atoms with Crippen LogP contribution in [0.1, 0.15) is 92.0 Å². The molecule has 1 aromatic heterocycles. The average Bonchev–Trinajstić information content (AvgIpc) is 3.22. The maximum absolute atomic E-state index is 11.1. The average molecular weight is 484 g/mol. The Morgan fingerprint density at radius 3 is 2.54 bits per heavy atom. The van der Waals surface area contributed by atoms with Gasteiger partial charge in [-0.05, 0) is 55.6 Å². The van der Waals surface area contributed by atoms with Crippen molar-refractivity contribution in [2.24, 2.45) is 23.2 Å². The zero-order chi connectivity index (χ0) is 26.1. The van der Waals surface area contributed by atoms with Crippen LogP contribution in [0.25, 0.3) is 11.4 Å². The highest BCUT2D eigenvalue weighted by Gasteiger charge is 2.38. The normalized spacial score (nSPS) is 37.5. The van der Waals surface area contributed by atoms with Gasteiger partial charge in [-0.25, -0.2) is 0 Å². The van der Waals surface area contributed by atoms with E-state index in [-0.39, 0.29) is 40.9 Å². The molecule has 0 saturated carbocycles. The third kappa shape index (κ3) is 6.48. The summed E-state index contributed by atoms with van der Waals surface area (Å²) >= 11 is 0. The Morgan fingerprint density at radius 1 is 1.23 bits per heavy atom. The molecule has 2 saturated heterocycles. The van der Waals surface area contributed by atoms with E-state index in [1.807, 2.05) is 19.1 Å². The first-order valence-corrected chi connectivity index (χ1v) is 13.3. The number of allylic oxidation sites excluding steroid dienone is 1. The lowest BCUT2D eigenvalue weighted by Crippen LogP contribution is -2.35. The molecular weight excluding hydrogens is 436 g/mol. The molecule has 2 aliphatic rings. The van der Waals surface area contributed by atoms with Gasteiger partial charge in [0.05, 0.1) is 17.6 Å². The van der Waals surface area contributed by atoms with Crippen molar-refractivity contribution in [2.75, 3.05) is 0 Å². The lowest BCUT2D eigenvalue weighted by Gasteiger charge is -2.40. The Bertz CT molecular complexity index is 945. The van der Waals surface area contributed by atoms with Crippen LogP contribution in [0.4, 0.5) is 0 Å². The molecule has 7 atom stereocenters. The van der Waals surface area contributed by atoms with E-state index in [2.05, 4.69) is 66.8 Å². The van der Waals surface area contributed by atoms with Crippen molar-refractivity contribution in [1.82, 2.24) is 5.16 Å². The molecule has 196 valence electrons. The minimum Gasteiger partial charge on any atom is -0.656 e. The zero-order valence-corrected chi connectivity index (χ0v) is 23.2. The van der Waals surface area contributed by atoms with Crippen LogP contribution in [0.3, 0.4) is 0 Å². The fourth-order valence-electron chi connectivity index (χ4n) is 5.56. The van der Waals surface area contributed by atoms with E-state index >= 15 is 0 Å². The van der Waals surface area contributed by atoms with Crippen molar-refractivity contribution in [3.05, 3.63) is 52.9 Å². The molecule has 0 aromatic carbocycles. The van der Waals surface area contributed by atoms with Gasteiger partial charge < -0.3 is 19.7 Å². The van der Waals surface area contributed by atoms with Crippen LogP contribution in [-0.2, 0) is 4.74 Å². The van der Waals surface area contributed by atoms with Crippen molar-refractivity contribution in [3.8, 4) is 0 Å². The van der Waals surface area contributed by atoms with Gasteiger partial charge in [0.1, 0.15) is 6.10 Å². The van der Waals surface area contributed by atoms with Crippen LogP contribution in [-0.4, -0.2) is 34.1 Å². The van der Waals surface area contributed by atoms with Gasteiger partial charge in [0.25, 0.3) is 0 Å². The molecule has 0 aliphatic carbocycles. The van der Waals surface area contributed by atoms with Crippen LogP contribution in [0, 0.1) is 30.1 Å². The maximum Gasteiger partial charge on any atom is 0.159 e. The van der Waals surface area contributed by atoms with Crippen LogP contribution in [0.5, 0.6) is 0 Å². The predicted octanol–water partition coefficient (Wildman–Crippen LogP) is 7.62. The quantitative estimate of drug-likeness (QED) is 0.347. The number of aliphatic hydroxyl groups excluding tert-OH is 1. The first-order chi connectivity index (χ1) is 16.2. The summed E-state index contributed by atoms with van der Waals surface area (Å²) in [7, 11) is 0. The molecule has 0 bridgehead atoms. The van der Waals surface area contributed by atoms with Crippen molar-refractivity contribution >= 4 is 6.08 Å². The summed E-state index contributed by atoms with van der Waals surface area (Å²) < 4.78 is 12.0. The van der Waals surface area contributed by atoms with Crippen molar-refractivity contribution in [2.45, 2.75) is 111 Å². The van der Waals surface area contributed by atoms with Crippen molar-refractivity contribution in [3.63, 3.8) is 0 Å². The molecule has 5 nitrogen and oxygen atoms in total. The summed E-state index contributed by atoms with van der Waals surface area (Å²) in [6, 6.07) is 2.20. The Hall–Kier alpha value is -1.85. The Labute approximate surface area is 213 Å². The summed E-state index contributed by atoms with van der Waals surface area (Å²) in [6.07, 6.45) is 6.15. The zero-order valence-electron chi connectivity index (χ0n) is 23.2. The second-order valence-electron chi connectivity index (χ2n) is 12.1. The summed E-state index contributed by atoms with van der Waals surface area (Å²) in [4.78, 5) is 0. The molecule has 1 N–H and O–H groups in total. The number of rotatable bonds is 2. The van der Waals surface area contributed by atoms with Gasteiger partial charge in [-0.1, -0.05) is 78.3 Å². The van der Waals surface area contributed by atoms with Gasteiger partial charge in [0.15, 0.2) is 5.76 Å². The van der Waals surface area contributed by atoms with E-state index in [0.717, 1.165) is 60.5 Å². The number of fused-ring (bicyclic) bond motifs is 1. The fraction of sp³-hybridized carbons (Fsp3) is 0.700. The molecule has 3 heterocycles. The summed E-state index contributed by atoms with van der Waals surface area (Å²) in [5.41, 5.74) is 2.88. The predicted molar refractivity (Wildman–Crippen MR) is 144 cm³/mol. The van der Waals surface area contributed by atoms with Crippen LogP contribution in [0.2, 0.25) is 0 Å². The molecule has 2 aliphatic heterocycles. The minimum atomic E-state index is -0.391. The highest BCUT2D eigenvalue weighted by molar-refractivity contribution is 5.49. The number of aryl methyl sites for hydroxylation is 1. The third-order valence-corrected chi connectivity index (χ3v) is 8.95. The highest BCUT2D eigenvalue weighted by Crippen LogP contribution is 2.51. The number of aromatic nitrogens is 1. The van der Waals surface area contributed by atoms with Gasteiger partial charge in [-0.15, -0.1) is 11.6 Å². The largest absolute Gasteiger partial charge is 0.656 e. The van der Waals surface area contributed by atoms with Gasteiger partial charge in [-0.2, -0.15) is 0 Å². The van der Waals surface area contributed by atoms with Gasteiger partial charge in [0, 0.05) is 18.4 Å². The minimum absolute atomic E-state index is 0.0156. The molecule has 5 heteroatoms. The van der Waals surface area contributed by atoms with E-state index in [4.69, 9.17) is 14.6 Å². The maximum atomic E-state index is 11.1. The number of ether oxygens (including phenoxy) is 1. The van der Waals surface area contributed by atoms with E-state index in [1.165, 1.54) is 0 Å². The number of hydrogen-bond donors (Lipinski definition) is 1. The second kappa shape index (κ2) is 10.6. The SMILES string of the molecule is C=C1C[C@H](C)C(C)(C)C(=C)[C@H](C)[C@@H](O)[C@@H](C)CCC[C@@]2(C)[N-]C2C[C@@H](/C(C)=C/c2cc(C)no2)O1. The molecular formula is C30H47N2O3-. The molecule has 2 fully saturated rings. The first kappa shape index (κ1) is 27.7. The molecule has 1 aromatic rings. The standard InChI is InChI=1S/C30H47N2O3/c1-18-12-11-13-30(10)27(31-30)17-26(19(2)14-25-16-21(4)32-35-25)34-22(5)15-20(3)29(8,9)24(7)23(6)28(18)33/h14,16,18,20,23,26-28,33H,5,7,11-13,15,17H2,1-4,6,8-10H3/q-1/b19-14+/t18-,20-,23-,26-,27?,28-,30+/m0/s1. The molecule has 0 spiro atoms. The third-order valence-electron chi connectivity index (χ3n) is 8.95. The van der Waals surface area contributed by atoms with Crippen LogP contribution >= 0.6 is 0 Å². The molecule has 3 rings (SSSR count). The fourth-order valence-corrected chi connectivity index (χ4v) is 5.56. The number of hydrogen-bond acceptors (Lipinski definition) is 4. The van der Waals surface area contributed by atoms with E-state index in [1.54, 1.807) is 0 Å². The second-order valence-corrected chi connectivity index (χ2v) is 12.1. The summed E-state index contributed by atoms with van der Waals surface area (Å²) in [6.45, 7) is 26.0. The van der Waals surface area contributed by atoms with Gasteiger partial charge in [-0.3, -0.25) is 0 Å². The van der Waals surface area contributed by atoms with Crippen molar-refractivity contribution < 1.29 is 14.4 Å². The number of nitrogens with zero attached hydrogens (tertiary/aromatic N) is 2. The Kier molecular flexibility index (Phi) is 8.43. The monoisotopic (exact) mass is 483 g/mol. The molecule has 0 amide bonds. The van der Waals surface area contributed by atoms with Gasteiger partial charge >= 0.3 is 0 Å². The van der Waals surface area contributed by atoms with Crippen molar-refractivity contribution in [1.29, 1.82) is 0 Å². The molecule has 35 heavy (non-hydrogen) atoms. The lowest BCUT2D eigenvalue weighted by atomic mass is 9.67. The van der Waals surface area contributed by atoms with E-state index in [9.17, 15) is 5.11 Å². The Morgan fingerprint density at radius 2 is 1.91 bits per heavy atom. The Balaban J connectivity index is 1.85. The summed E-state index contributed by atoms with van der Waals surface area (Å²) in [5, 5.41) is 20.1. The van der Waals surface area contributed by atoms with E-state index in [0.29, 0.717) is 0 Å². The highest BCUT2D eigenvalue weighted by atomic mass is 16.5. The smallest absolute Gasteiger partial charge is 0.159 e. The first-order valence-electron chi connectivity index (χ1n) is 13.3. The van der Waals surface area contributed by atoms with E-state index < -0.39 is 6.10 Å². The number of aliphatic hydroxyl groups is 1. The summed E-state index contributed by atoms with van der Waals surface area (Å²) in [5.74, 6) is 2.04. The van der Waals surface area contributed by atoms with Crippen LogP contribution < -0.4 is 0 Å². The topological polar surface area (TPSA) is 69.6 Å². The van der Waals surface area contributed by atoms with Crippen LogP contribution in [0.15, 0.2) is 40.7 Å². The molecule has 1 unspecified atom stereocenters.